The predicted molar refractivity (Wildman–Crippen MR) is 86.4 cm³/mol. The number of Topliss-reactive ketones (excluding diaryl/α,β-unsaturated/α-hetero) is 1. The molecule has 26 heavy (non-hydrogen) atoms. The second-order valence-corrected chi connectivity index (χ2v) is 5.77. The van der Waals surface area contributed by atoms with E-state index < -0.39 is 35.3 Å². The second-order valence-electron chi connectivity index (χ2n) is 5.77. The number of carbonyl (C=O) groups is 2. The fourth-order valence-electron chi connectivity index (χ4n) is 2.56. The van der Waals surface area contributed by atoms with Crippen molar-refractivity contribution >= 4 is 23.1 Å². The Kier molecular flexibility index (Phi) is 4.35. The summed E-state index contributed by atoms with van der Waals surface area (Å²) in [4.78, 5) is 25.1. The van der Waals surface area contributed by atoms with Crippen molar-refractivity contribution in [2.75, 3.05) is 5.01 Å². The van der Waals surface area contributed by atoms with Gasteiger partial charge in [0.15, 0.2) is 17.4 Å². The number of halogens is 4. The van der Waals surface area contributed by atoms with E-state index in [1.54, 1.807) is 19.1 Å². The molecule has 2 aromatic carbocycles. The molecule has 1 aliphatic rings. The van der Waals surface area contributed by atoms with E-state index in [9.17, 15) is 27.2 Å². The Morgan fingerprint density at radius 2 is 1.62 bits per heavy atom. The average molecular weight is 364 g/mol. The number of amides is 1. The monoisotopic (exact) mass is 364 g/mol. The number of hydrogen-bond acceptors (Lipinski definition) is 3. The molecule has 3 rings (SSSR count). The van der Waals surface area contributed by atoms with Crippen LogP contribution in [-0.2, 0) is 4.79 Å². The van der Waals surface area contributed by atoms with Gasteiger partial charge >= 0.3 is 6.18 Å². The standard InChI is InChI=1S/C18H12F4N2O2/c1-10-2-8-13(9-3-10)24-17(26)14(16(23-24)18(20,21)22)15(25)11-4-6-12(19)7-5-11/h2-9,14H,1H3/t14-/m1/s1. The fraction of sp³-hybridized carbons (Fsp3) is 0.167. The fourth-order valence-corrected chi connectivity index (χ4v) is 2.56. The smallest absolute Gasteiger partial charge is 0.293 e. The second kappa shape index (κ2) is 6.36. The van der Waals surface area contributed by atoms with Gasteiger partial charge in [-0.05, 0) is 43.3 Å². The van der Waals surface area contributed by atoms with Crippen molar-refractivity contribution in [1.82, 2.24) is 0 Å². The molecule has 1 atom stereocenters. The maximum atomic E-state index is 13.4. The van der Waals surface area contributed by atoms with Crippen molar-refractivity contribution < 1.29 is 27.2 Å². The molecule has 1 aliphatic heterocycles. The summed E-state index contributed by atoms with van der Waals surface area (Å²) in [6.07, 6.45) is -4.96. The number of aryl methyl sites for hydroxylation is 1. The van der Waals surface area contributed by atoms with E-state index in [-0.39, 0.29) is 11.3 Å². The van der Waals surface area contributed by atoms with Crippen molar-refractivity contribution in [3.63, 3.8) is 0 Å². The minimum atomic E-state index is -4.96. The van der Waals surface area contributed by atoms with Crippen LogP contribution in [0.15, 0.2) is 53.6 Å². The lowest BCUT2D eigenvalue weighted by atomic mass is 9.92. The van der Waals surface area contributed by atoms with E-state index in [4.69, 9.17) is 0 Å². The van der Waals surface area contributed by atoms with Crippen molar-refractivity contribution in [3.05, 3.63) is 65.5 Å². The number of ketones is 1. The van der Waals surface area contributed by atoms with Gasteiger partial charge in [-0.1, -0.05) is 17.7 Å². The Hall–Kier alpha value is -3.03. The third-order valence-electron chi connectivity index (χ3n) is 3.90. The van der Waals surface area contributed by atoms with Crippen LogP contribution in [0.3, 0.4) is 0 Å². The molecule has 0 bridgehead atoms. The first-order chi connectivity index (χ1) is 12.2. The third kappa shape index (κ3) is 3.22. The highest BCUT2D eigenvalue weighted by Gasteiger charge is 2.53. The SMILES string of the molecule is Cc1ccc(N2N=C(C(F)(F)F)[C@@H](C(=O)c3ccc(F)cc3)C2=O)cc1. The summed E-state index contributed by atoms with van der Waals surface area (Å²) in [7, 11) is 0. The number of nitrogens with zero attached hydrogens (tertiary/aromatic N) is 2. The molecule has 0 fully saturated rings. The van der Waals surface area contributed by atoms with E-state index >= 15 is 0 Å². The van der Waals surface area contributed by atoms with E-state index in [0.717, 1.165) is 29.8 Å². The van der Waals surface area contributed by atoms with Gasteiger partial charge in [-0.2, -0.15) is 23.3 Å². The molecule has 0 N–H and O–H groups in total. The zero-order valence-electron chi connectivity index (χ0n) is 13.4. The molecule has 0 aliphatic carbocycles. The minimum absolute atomic E-state index is 0.122. The number of hydrazone groups is 1. The van der Waals surface area contributed by atoms with Crippen LogP contribution in [-0.4, -0.2) is 23.6 Å². The maximum Gasteiger partial charge on any atom is 0.432 e. The zero-order chi connectivity index (χ0) is 19.1. The first-order valence-electron chi connectivity index (χ1n) is 7.54. The normalized spacial score (nSPS) is 17.4. The molecule has 4 nitrogen and oxygen atoms in total. The lowest BCUT2D eigenvalue weighted by Gasteiger charge is -2.14. The Balaban J connectivity index is 2.02. The number of alkyl halides is 3. The first kappa shape index (κ1) is 17.8. The summed E-state index contributed by atoms with van der Waals surface area (Å²) in [6, 6.07) is 10.1. The summed E-state index contributed by atoms with van der Waals surface area (Å²) in [5.41, 5.74) is -0.721. The first-order valence-corrected chi connectivity index (χ1v) is 7.54. The highest BCUT2D eigenvalue weighted by atomic mass is 19.4. The van der Waals surface area contributed by atoms with Gasteiger partial charge in [0, 0.05) is 5.56 Å². The van der Waals surface area contributed by atoms with Gasteiger partial charge < -0.3 is 0 Å². The van der Waals surface area contributed by atoms with Crippen LogP contribution in [0.1, 0.15) is 15.9 Å². The molecule has 0 aromatic heterocycles. The Morgan fingerprint density at radius 1 is 1.04 bits per heavy atom. The molecule has 0 spiro atoms. The summed E-state index contributed by atoms with van der Waals surface area (Å²) >= 11 is 0. The Labute approximate surface area is 145 Å². The highest BCUT2D eigenvalue weighted by molar-refractivity contribution is 6.32. The molecule has 2 aromatic rings. The summed E-state index contributed by atoms with van der Waals surface area (Å²) in [6.45, 7) is 1.78. The van der Waals surface area contributed by atoms with Gasteiger partial charge in [0.05, 0.1) is 5.69 Å². The van der Waals surface area contributed by atoms with Crippen molar-refractivity contribution in [3.8, 4) is 0 Å². The molecule has 0 radical (unpaired) electrons. The van der Waals surface area contributed by atoms with Crippen LogP contribution in [0.5, 0.6) is 0 Å². The Morgan fingerprint density at radius 3 is 2.15 bits per heavy atom. The van der Waals surface area contributed by atoms with Gasteiger partial charge in [0.2, 0.25) is 0 Å². The minimum Gasteiger partial charge on any atom is -0.293 e. The lowest BCUT2D eigenvalue weighted by molar-refractivity contribution is -0.119. The van der Waals surface area contributed by atoms with E-state index in [1.165, 1.54) is 12.1 Å². The van der Waals surface area contributed by atoms with Gasteiger partial charge in [0.1, 0.15) is 5.82 Å². The molecule has 1 amide bonds. The van der Waals surface area contributed by atoms with Crippen molar-refractivity contribution in [2.24, 2.45) is 11.0 Å². The largest absolute Gasteiger partial charge is 0.432 e. The van der Waals surface area contributed by atoms with Gasteiger partial charge in [-0.25, -0.2) is 4.39 Å². The van der Waals surface area contributed by atoms with E-state index in [0.29, 0.717) is 5.01 Å². The van der Waals surface area contributed by atoms with Crippen molar-refractivity contribution in [2.45, 2.75) is 13.1 Å². The molecule has 1 heterocycles. The third-order valence-corrected chi connectivity index (χ3v) is 3.90. The number of hydrogen-bond donors (Lipinski definition) is 0. The highest BCUT2D eigenvalue weighted by Crippen LogP contribution is 2.33. The molecule has 8 heteroatoms. The average Bonchev–Trinajstić information content (AvgIpc) is 2.93. The predicted octanol–water partition coefficient (Wildman–Crippen LogP) is 3.90. The quantitative estimate of drug-likeness (QED) is 0.471. The number of carbonyl (C=O) groups excluding carboxylic acids is 2. The lowest BCUT2D eigenvalue weighted by Crippen LogP contribution is -2.38. The van der Waals surface area contributed by atoms with Crippen LogP contribution in [0, 0.1) is 18.7 Å². The van der Waals surface area contributed by atoms with Crippen LogP contribution in [0.25, 0.3) is 0 Å². The molecule has 0 saturated carbocycles. The summed E-state index contributed by atoms with van der Waals surface area (Å²) < 4.78 is 53.1. The van der Waals surface area contributed by atoms with Gasteiger partial charge in [0.25, 0.3) is 5.91 Å². The molecular weight excluding hydrogens is 352 g/mol. The molecule has 0 saturated heterocycles. The number of rotatable bonds is 3. The number of benzene rings is 2. The summed E-state index contributed by atoms with van der Waals surface area (Å²) in [5.74, 6) is -4.96. The molecule has 134 valence electrons. The topological polar surface area (TPSA) is 49.7 Å². The molecular formula is C18H12F4N2O2. The summed E-state index contributed by atoms with van der Waals surface area (Å²) in [5, 5.41) is 3.94. The van der Waals surface area contributed by atoms with E-state index in [2.05, 4.69) is 5.10 Å². The van der Waals surface area contributed by atoms with Crippen LogP contribution in [0.2, 0.25) is 0 Å². The van der Waals surface area contributed by atoms with Gasteiger partial charge in [-0.3, -0.25) is 9.59 Å². The zero-order valence-corrected chi connectivity index (χ0v) is 13.4. The van der Waals surface area contributed by atoms with Crippen LogP contribution in [0.4, 0.5) is 23.2 Å². The van der Waals surface area contributed by atoms with Crippen LogP contribution < -0.4 is 5.01 Å². The Bertz CT molecular complexity index is 887. The van der Waals surface area contributed by atoms with E-state index in [1.807, 2.05) is 0 Å². The molecule has 0 unspecified atom stereocenters. The maximum absolute atomic E-state index is 13.4. The number of anilines is 1. The van der Waals surface area contributed by atoms with Crippen molar-refractivity contribution in [1.29, 1.82) is 0 Å². The van der Waals surface area contributed by atoms with Crippen LogP contribution >= 0.6 is 0 Å². The van der Waals surface area contributed by atoms with Gasteiger partial charge in [-0.15, -0.1) is 0 Å².